The number of benzene rings is 4. The molecule has 0 fully saturated rings. The molecule has 1 N–H and O–H groups in total. The lowest BCUT2D eigenvalue weighted by molar-refractivity contribution is -0.137. The summed E-state index contributed by atoms with van der Waals surface area (Å²) in [6, 6.07) is 32.4. The summed E-state index contributed by atoms with van der Waals surface area (Å²) in [6.07, 6.45) is 1.63. The predicted octanol–water partition coefficient (Wildman–Crippen LogP) is 7.17. The van der Waals surface area contributed by atoms with Gasteiger partial charge in [-0.3, -0.25) is 4.79 Å². The summed E-state index contributed by atoms with van der Waals surface area (Å²) in [5.41, 5.74) is 7.03. The Hall–Kier alpha value is -3.85. The van der Waals surface area contributed by atoms with Crippen LogP contribution in [0.15, 0.2) is 91.0 Å². The van der Waals surface area contributed by atoms with Crippen LogP contribution in [-0.4, -0.2) is 15.6 Å². The van der Waals surface area contributed by atoms with Crippen LogP contribution in [0.2, 0.25) is 0 Å². The van der Waals surface area contributed by atoms with Crippen molar-refractivity contribution in [1.29, 1.82) is 0 Å². The molecule has 0 amide bonds. The molecule has 1 aromatic heterocycles. The van der Waals surface area contributed by atoms with E-state index in [9.17, 15) is 4.79 Å². The van der Waals surface area contributed by atoms with E-state index >= 15 is 0 Å². The van der Waals surface area contributed by atoms with Crippen molar-refractivity contribution in [3.63, 3.8) is 0 Å². The summed E-state index contributed by atoms with van der Waals surface area (Å²) in [7, 11) is 0. The molecule has 0 unspecified atom stereocenters. The van der Waals surface area contributed by atoms with E-state index < -0.39 is 5.97 Å². The van der Waals surface area contributed by atoms with Gasteiger partial charge in [0, 0.05) is 17.5 Å². The van der Waals surface area contributed by atoms with Gasteiger partial charge >= 0.3 is 5.97 Å². The Morgan fingerprint density at radius 2 is 1.59 bits per heavy atom. The van der Waals surface area contributed by atoms with E-state index in [0.29, 0.717) is 6.42 Å². The van der Waals surface area contributed by atoms with Gasteiger partial charge in [0.1, 0.15) is 0 Å². The molecule has 158 valence electrons. The molecule has 3 nitrogen and oxygen atoms in total. The van der Waals surface area contributed by atoms with Crippen LogP contribution in [0.3, 0.4) is 0 Å². The Bertz CT molecular complexity index is 1410. The van der Waals surface area contributed by atoms with Crippen molar-refractivity contribution >= 4 is 27.6 Å². The van der Waals surface area contributed by atoms with Gasteiger partial charge < -0.3 is 9.67 Å². The quantitative estimate of drug-likeness (QED) is 0.317. The normalized spacial score (nSPS) is 11.3. The molecule has 0 aliphatic rings. The van der Waals surface area contributed by atoms with E-state index in [2.05, 4.69) is 102 Å². The smallest absolute Gasteiger partial charge is 0.303 e. The maximum Gasteiger partial charge on any atom is 0.303 e. The van der Waals surface area contributed by atoms with Gasteiger partial charge in [-0.2, -0.15) is 0 Å². The van der Waals surface area contributed by atoms with E-state index in [0.717, 1.165) is 23.4 Å². The van der Waals surface area contributed by atoms with Crippen molar-refractivity contribution < 1.29 is 9.90 Å². The molecule has 5 rings (SSSR count). The summed E-state index contributed by atoms with van der Waals surface area (Å²) in [5.74, 6) is -0.740. The molecule has 32 heavy (non-hydrogen) atoms. The fourth-order valence-corrected chi connectivity index (χ4v) is 4.43. The predicted molar refractivity (Wildman–Crippen MR) is 132 cm³/mol. The Morgan fingerprint density at radius 3 is 2.34 bits per heavy atom. The standard InChI is InChI=1S/C29H25NO2/c1-20-9-13-23(14-10-20)28-19-26-25-7-3-2-6-22(25)15-18-27(26)30(28)24-16-11-21(12-17-24)5-4-8-29(31)32/h2-3,6-7,9-19H,4-5,8H2,1H3,(H,31,32). The molecule has 0 bridgehead atoms. The first-order chi connectivity index (χ1) is 15.6. The Morgan fingerprint density at radius 1 is 0.844 bits per heavy atom. The molecule has 0 radical (unpaired) electrons. The van der Waals surface area contributed by atoms with Crippen LogP contribution in [0, 0.1) is 6.92 Å². The molecule has 0 aliphatic carbocycles. The highest BCUT2D eigenvalue weighted by molar-refractivity contribution is 6.09. The van der Waals surface area contributed by atoms with Crippen molar-refractivity contribution in [2.45, 2.75) is 26.2 Å². The number of hydrogen-bond donors (Lipinski definition) is 1. The van der Waals surface area contributed by atoms with E-state index in [4.69, 9.17) is 5.11 Å². The number of carboxylic acids is 1. The second-order valence-electron chi connectivity index (χ2n) is 8.36. The third-order valence-electron chi connectivity index (χ3n) is 6.11. The molecular weight excluding hydrogens is 394 g/mol. The lowest BCUT2D eigenvalue weighted by Crippen LogP contribution is -1.98. The summed E-state index contributed by atoms with van der Waals surface area (Å²) >= 11 is 0. The van der Waals surface area contributed by atoms with E-state index in [1.807, 2.05) is 0 Å². The number of nitrogens with zero attached hydrogens (tertiary/aromatic N) is 1. The van der Waals surface area contributed by atoms with Gasteiger partial charge in [-0.15, -0.1) is 0 Å². The Balaban J connectivity index is 1.65. The van der Waals surface area contributed by atoms with Crippen molar-refractivity contribution in [3.8, 4) is 16.9 Å². The zero-order chi connectivity index (χ0) is 22.1. The molecule has 0 atom stereocenters. The van der Waals surface area contributed by atoms with Gasteiger partial charge in [-0.1, -0.05) is 72.3 Å². The highest BCUT2D eigenvalue weighted by Crippen LogP contribution is 2.35. The van der Waals surface area contributed by atoms with Crippen LogP contribution in [0.4, 0.5) is 0 Å². The third kappa shape index (κ3) is 3.78. The maximum atomic E-state index is 10.8. The molecule has 5 aromatic rings. The number of fused-ring (bicyclic) bond motifs is 3. The minimum Gasteiger partial charge on any atom is -0.481 e. The third-order valence-corrected chi connectivity index (χ3v) is 6.11. The van der Waals surface area contributed by atoms with Crippen LogP contribution < -0.4 is 0 Å². The molecule has 0 saturated heterocycles. The number of aliphatic carboxylic acids is 1. The number of aryl methyl sites for hydroxylation is 2. The van der Waals surface area contributed by atoms with Gasteiger partial charge in [-0.25, -0.2) is 0 Å². The average Bonchev–Trinajstić information content (AvgIpc) is 3.20. The number of carboxylic acid groups (broad SMARTS) is 1. The summed E-state index contributed by atoms with van der Waals surface area (Å²) in [4.78, 5) is 10.8. The van der Waals surface area contributed by atoms with Crippen molar-refractivity contribution in [2.75, 3.05) is 0 Å². The molecule has 1 heterocycles. The topological polar surface area (TPSA) is 42.2 Å². The minimum atomic E-state index is -0.740. The largest absolute Gasteiger partial charge is 0.481 e. The van der Waals surface area contributed by atoms with Crippen LogP contribution in [0.25, 0.3) is 38.6 Å². The lowest BCUT2D eigenvalue weighted by atomic mass is 10.1. The SMILES string of the molecule is Cc1ccc(-c2cc3c4ccccc4ccc3n2-c2ccc(CCCC(=O)O)cc2)cc1. The molecular formula is C29H25NO2. The second kappa shape index (κ2) is 8.35. The summed E-state index contributed by atoms with van der Waals surface area (Å²) in [6.45, 7) is 2.11. The minimum absolute atomic E-state index is 0.203. The second-order valence-corrected chi connectivity index (χ2v) is 8.36. The first kappa shape index (κ1) is 20.1. The molecule has 3 heteroatoms. The lowest BCUT2D eigenvalue weighted by Gasteiger charge is -2.13. The van der Waals surface area contributed by atoms with E-state index in [1.54, 1.807) is 0 Å². The Kier molecular flexibility index (Phi) is 5.24. The van der Waals surface area contributed by atoms with Gasteiger partial charge in [0.15, 0.2) is 0 Å². The van der Waals surface area contributed by atoms with Crippen molar-refractivity contribution in [3.05, 3.63) is 102 Å². The van der Waals surface area contributed by atoms with Crippen LogP contribution in [-0.2, 0) is 11.2 Å². The van der Waals surface area contributed by atoms with Crippen LogP contribution in [0.1, 0.15) is 24.0 Å². The van der Waals surface area contributed by atoms with Crippen LogP contribution >= 0.6 is 0 Å². The van der Waals surface area contributed by atoms with E-state index in [-0.39, 0.29) is 6.42 Å². The van der Waals surface area contributed by atoms with Gasteiger partial charge in [0.25, 0.3) is 0 Å². The first-order valence-corrected chi connectivity index (χ1v) is 11.0. The highest BCUT2D eigenvalue weighted by atomic mass is 16.4. The number of carbonyl (C=O) groups is 1. The number of hydrogen-bond acceptors (Lipinski definition) is 1. The molecule has 0 spiro atoms. The van der Waals surface area contributed by atoms with Gasteiger partial charge in [0.2, 0.25) is 0 Å². The zero-order valence-corrected chi connectivity index (χ0v) is 18.1. The fourth-order valence-electron chi connectivity index (χ4n) is 4.43. The van der Waals surface area contributed by atoms with Crippen LogP contribution in [0.5, 0.6) is 0 Å². The van der Waals surface area contributed by atoms with Crippen molar-refractivity contribution in [2.24, 2.45) is 0 Å². The summed E-state index contributed by atoms with van der Waals surface area (Å²) < 4.78 is 2.33. The monoisotopic (exact) mass is 419 g/mol. The number of rotatable bonds is 6. The highest BCUT2D eigenvalue weighted by Gasteiger charge is 2.14. The van der Waals surface area contributed by atoms with Gasteiger partial charge in [0.05, 0.1) is 11.2 Å². The summed E-state index contributed by atoms with van der Waals surface area (Å²) in [5, 5.41) is 12.6. The zero-order valence-electron chi connectivity index (χ0n) is 18.1. The molecule has 4 aromatic carbocycles. The molecule has 0 aliphatic heterocycles. The Labute approximate surface area is 187 Å². The van der Waals surface area contributed by atoms with Gasteiger partial charge in [-0.05, 0) is 65.9 Å². The fraction of sp³-hybridized carbons (Fsp3) is 0.138. The van der Waals surface area contributed by atoms with E-state index in [1.165, 1.54) is 32.8 Å². The van der Waals surface area contributed by atoms with Crippen molar-refractivity contribution in [1.82, 2.24) is 4.57 Å². The first-order valence-electron chi connectivity index (χ1n) is 11.0. The molecule has 0 saturated carbocycles. The maximum absolute atomic E-state index is 10.8. The number of aromatic nitrogens is 1. The average molecular weight is 420 g/mol.